The molecule has 0 atom stereocenters. The van der Waals surface area contributed by atoms with Crippen LogP contribution in [0.5, 0.6) is 0 Å². The summed E-state index contributed by atoms with van der Waals surface area (Å²) in [6.45, 7) is 2.02. The first-order chi connectivity index (χ1) is 3.39. The van der Waals surface area contributed by atoms with Gasteiger partial charge in [-0.15, -0.1) is 6.92 Å². The van der Waals surface area contributed by atoms with E-state index >= 15 is 0 Å². The van der Waals surface area contributed by atoms with Gasteiger partial charge in [0, 0.05) is 20.4 Å². The van der Waals surface area contributed by atoms with Gasteiger partial charge in [-0.05, 0) is 0 Å². The van der Waals surface area contributed by atoms with E-state index in [2.05, 4.69) is 12.1 Å². The third-order valence-corrected chi connectivity index (χ3v) is 0.789. The van der Waals surface area contributed by atoms with Crippen molar-refractivity contribution in [2.45, 2.75) is 6.92 Å². The Morgan fingerprint density at radius 2 is 1.67 bits per heavy atom. The van der Waals surface area contributed by atoms with Crippen LogP contribution in [0.1, 0.15) is 5.56 Å². The van der Waals surface area contributed by atoms with Gasteiger partial charge in [-0.2, -0.15) is 0 Å². The van der Waals surface area contributed by atoms with Gasteiger partial charge >= 0.3 is 58.2 Å². The Morgan fingerprint density at radius 3 is 1.89 bits per heavy atom. The van der Waals surface area contributed by atoms with Crippen LogP contribution in [-0.4, -0.2) is 0 Å². The number of rotatable bonds is 0. The average molecular weight is 362 g/mol. The summed E-state index contributed by atoms with van der Waals surface area (Å²) < 4.78 is 0. The first kappa shape index (κ1) is 13.3. The molecular weight excluding hydrogens is 356 g/mol. The van der Waals surface area contributed by atoms with E-state index in [9.17, 15) is 0 Å². The minimum Gasteiger partial charge on any atom is -0.359 e. The minimum atomic E-state index is 0. The summed E-state index contributed by atoms with van der Waals surface area (Å²) in [5.41, 5.74) is 1.21. The largest absolute Gasteiger partial charge is 1.00 e. The Hall–Kier alpha value is 1.69. The van der Waals surface area contributed by atoms with Crippen LogP contribution < -0.4 is 58.2 Å². The third kappa shape index (κ3) is 6.10. The zero-order valence-corrected chi connectivity index (χ0v) is 13.2. The van der Waals surface area contributed by atoms with Gasteiger partial charge in [-0.1, -0.05) is 0 Å². The van der Waals surface area contributed by atoms with Crippen LogP contribution in [0.15, 0.2) is 18.2 Å². The maximum absolute atomic E-state index is 2.91. The van der Waals surface area contributed by atoms with Gasteiger partial charge in [0.05, 0.1) is 0 Å². The summed E-state index contributed by atoms with van der Waals surface area (Å²) in [7, 11) is 0. The Labute approximate surface area is 119 Å². The molecule has 43 valence electrons. The summed E-state index contributed by atoms with van der Waals surface area (Å²) in [5, 5.41) is 0. The average Bonchev–Trinajstić information content (AvgIpc) is 1.69. The SMILES string of the molecule is Cc1c[c-]c[c-]c1.[Rb+].[Re]. The van der Waals surface area contributed by atoms with E-state index in [-0.39, 0.29) is 78.6 Å². The summed E-state index contributed by atoms with van der Waals surface area (Å²) >= 11 is 0. The zero-order valence-electron chi connectivity index (χ0n) is 5.61. The van der Waals surface area contributed by atoms with E-state index in [1.165, 1.54) is 5.56 Å². The normalized spacial score (nSPS) is 6.78. The molecule has 0 heterocycles. The number of aryl methyl sites for hydroxylation is 1. The van der Waals surface area contributed by atoms with Gasteiger partial charge in [0.1, 0.15) is 0 Å². The van der Waals surface area contributed by atoms with E-state index in [0.717, 1.165) is 0 Å². The number of benzene rings is 1. The molecule has 0 saturated carbocycles. The maximum Gasteiger partial charge on any atom is 1.00 e. The second-order valence-corrected chi connectivity index (χ2v) is 1.51. The molecule has 0 aliphatic heterocycles. The standard InChI is InChI=1S/C7H6.Rb.Re/c1-7-5-3-2-4-6-7;;/h2,5-6H,1H3;;/q-2;+1;. The Bertz CT molecular complexity index is 139. The van der Waals surface area contributed by atoms with E-state index < -0.39 is 0 Å². The molecule has 0 nitrogen and oxygen atoms in total. The molecule has 0 aromatic heterocycles. The van der Waals surface area contributed by atoms with Gasteiger partial charge in [-0.25, -0.2) is 0 Å². The molecule has 0 aliphatic carbocycles. The van der Waals surface area contributed by atoms with Crippen LogP contribution in [0.25, 0.3) is 0 Å². The van der Waals surface area contributed by atoms with Crippen LogP contribution >= 0.6 is 0 Å². The maximum atomic E-state index is 2.91. The predicted molar refractivity (Wildman–Crippen MR) is 28.9 cm³/mol. The molecule has 1 radical (unpaired) electrons. The number of hydrogen-bond donors (Lipinski definition) is 0. The van der Waals surface area contributed by atoms with E-state index in [1.807, 2.05) is 19.1 Å². The van der Waals surface area contributed by atoms with Gasteiger partial charge in [0.15, 0.2) is 0 Å². The molecule has 0 amide bonds. The first-order valence-electron chi connectivity index (χ1n) is 2.23. The third-order valence-electron chi connectivity index (χ3n) is 0.789. The minimum absolute atomic E-state index is 0. The van der Waals surface area contributed by atoms with Crippen molar-refractivity contribution < 1.29 is 78.6 Å². The molecule has 1 rings (SSSR count). The van der Waals surface area contributed by atoms with Gasteiger partial charge in [0.2, 0.25) is 0 Å². The van der Waals surface area contributed by atoms with Crippen LogP contribution in [0.3, 0.4) is 0 Å². The smallest absolute Gasteiger partial charge is 0.359 e. The van der Waals surface area contributed by atoms with Crippen molar-refractivity contribution in [1.29, 1.82) is 0 Å². The quantitative estimate of drug-likeness (QED) is 0.499. The molecule has 0 N–H and O–H groups in total. The van der Waals surface area contributed by atoms with Crippen molar-refractivity contribution in [2.75, 3.05) is 0 Å². The van der Waals surface area contributed by atoms with Gasteiger partial charge in [-0.3, -0.25) is 17.7 Å². The van der Waals surface area contributed by atoms with Crippen LogP contribution in [0.2, 0.25) is 0 Å². The topological polar surface area (TPSA) is 0 Å². The predicted octanol–water partition coefficient (Wildman–Crippen LogP) is -1.40. The molecule has 1 aromatic carbocycles. The van der Waals surface area contributed by atoms with Crippen LogP contribution in [0, 0.1) is 19.1 Å². The van der Waals surface area contributed by atoms with Gasteiger partial charge in [0.25, 0.3) is 0 Å². The van der Waals surface area contributed by atoms with Crippen LogP contribution in [0.4, 0.5) is 0 Å². The number of hydrogen-bond acceptors (Lipinski definition) is 0. The van der Waals surface area contributed by atoms with E-state index in [4.69, 9.17) is 0 Å². The molecule has 0 saturated heterocycles. The van der Waals surface area contributed by atoms with E-state index in [1.54, 1.807) is 6.07 Å². The second kappa shape index (κ2) is 7.79. The summed E-state index contributed by atoms with van der Waals surface area (Å²) in [6, 6.07) is 11.4. The second-order valence-electron chi connectivity index (χ2n) is 1.51. The Morgan fingerprint density at radius 1 is 1.22 bits per heavy atom. The Kier molecular flexibility index (Phi) is 11.5. The molecule has 0 aliphatic rings. The van der Waals surface area contributed by atoms with Crippen molar-refractivity contribution in [3.05, 3.63) is 35.9 Å². The fraction of sp³-hybridized carbons (Fsp3) is 0.143. The molecule has 0 unspecified atom stereocenters. The molecule has 0 bridgehead atoms. The first-order valence-corrected chi connectivity index (χ1v) is 2.23. The molecule has 1 aromatic rings. The molecule has 0 fully saturated rings. The van der Waals surface area contributed by atoms with Gasteiger partial charge < -0.3 is 18.2 Å². The van der Waals surface area contributed by atoms with Crippen molar-refractivity contribution >= 4 is 0 Å². The fourth-order valence-electron chi connectivity index (χ4n) is 0.436. The molecule has 2 heteroatoms. The van der Waals surface area contributed by atoms with Crippen LogP contribution in [-0.2, 0) is 20.4 Å². The monoisotopic (exact) mass is 362 g/mol. The fourth-order valence-corrected chi connectivity index (χ4v) is 0.436. The molecule has 0 spiro atoms. The van der Waals surface area contributed by atoms with Crippen molar-refractivity contribution in [3.8, 4) is 0 Å². The van der Waals surface area contributed by atoms with Crippen molar-refractivity contribution in [2.24, 2.45) is 0 Å². The van der Waals surface area contributed by atoms with Crippen molar-refractivity contribution in [3.63, 3.8) is 0 Å². The molecule has 9 heavy (non-hydrogen) atoms. The summed E-state index contributed by atoms with van der Waals surface area (Å²) in [4.78, 5) is 0. The molecular formula is C7H6RbRe-. The van der Waals surface area contributed by atoms with E-state index in [0.29, 0.717) is 0 Å². The zero-order chi connectivity index (χ0) is 5.11. The summed E-state index contributed by atoms with van der Waals surface area (Å²) in [5.74, 6) is 0. The van der Waals surface area contributed by atoms with Crippen molar-refractivity contribution in [1.82, 2.24) is 0 Å². The summed E-state index contributed by atoms with van der Waals surface area (Å²) in [6.07, 6.45) is 0. The Balaban J connectivity index is 0.